The molecule has 0 aliphatic heterocycles. The topological polar surface area (TPSA) is 75.7 Å². The summed E-state index contributed by atoms with van der Waals surface area (Å²) in [7, 11) is -3.95. The van der Waals surface area contributed by atoms with Gasteiger partial charge in [0.15, 0.2) is 0 Å². The number of carbonyl (C=O) groups excluding carboxylic acids is 1. The third kappa shape index (κ3) is 6.52. The van der Waals surface area contributed by atoms with Gasteiger partial charge in [0.2, 0.25) is 5.91 Å². The van der Waals surface area contributed by atoms with E-state index in [1.165, 1.54) is 0 Å². The molecule has 0 aliphatic rings. The predicted octanol–water partition coefficient (Wildman–Crippen LogP) is 5.16. The van der Waals surface area contributed by atoms with Gasteiger partial charge in [-0.05, 0) is 54.8 Å². The van der Waals surface area contributed by atoms with Crippen molar-refractivity contribution in [3.8, 4) is 5.75 Å². The Kier molecular flexibility index (Phi) is 8.58. The van der Waals surface area contributed by atoms with E-state index in [2.05, 4.69) is 19.2 Å². The maximum atomic E-state index is 13.5. The molecule has 0 saturated heterocycles. The standard InChI is InChI=1S/C26H29ClN2O4S/c1-19(2)21-10-12-22(13-11-21)29(34(31,32)23-14-8-20(3)9-15-23)18-26(30)28-16-17-33-25-7-5-4-6-24(25)27/h4-15,19H,16-18H2,1-3H3,(H,28,30). The summed E-state index contributed by atoms with van der Waals surface area (Å²) in [5, 5.41) is 3.20. The first-order valence-corrected chi connectivity index (χ1v) is 12.8. The zero-order valence-corrected chi connectivity index (χ0v) is 21.1. The van der Waals surface area contributed by atoms with E-state index in [4.69, 9.17) is 16.3 Å². The number of benzene rings is 3. The van der Waals surface area contributed by atoms with Crippen LogP contribution in [0.25, 0.3) is 0 Å². The molecule has 0 bridgehead atoms. The lowest BCUT2D eigenvalue weighted by molar-refractivity contribution is -0.119. The molecule has 180 valence electrons. The molecule has 0 fully saturated rings. The van der Waals surface area contributed by atoms with Gasteiger partial charge < -0.3 is 10.1 Å². The fourth-order valence-electron chi connectivity index (χ4n) is 3.28. The normalized spacial score (nSPS) is 11.3. The van der Waals surface area contributed by atoms with Crippen molar-refractivity contribution in [1.29, 1.82) is 0 Å². The number of anilines is 1. The number of hydrogen-bond donors (Lipinski definition) is 1. The third-order valence-corrected chi connectivity index (χ3v) is 7.36. The number of rotatable bonds is 10. The molecule has 0 aromatic heterocycles. The van der Waals surface area contributed by atoms with Crippen molar-refractivity contribution in [3.63, 3.8) is 0 Å². The third-order valence-electron chi connectivity index (χ3n) is 5.26. The lowest BCUT2D eigenvalue weighted by atomic mass is 10.0. The van der Waals surface area contributed by atoms with E-state index in [1.54, 1.807) is 60.7 Å². The second kappa shape index (κ2) is 11.4. The number of hydrogen-bond acceptors (Lipinski definition) is 4. The van der Waals surface area contributed by atoms with Crippen LogP contribution in [0.15, 0.2) is 77.7 Å². The van der Waals surface area contributed by atoms with Crippen molar-refractivity contribution < 1.29 is 17.9 Å². The number of para-hydroxylation sites is 1. The van der Waals surface area contributed by atoms with Gasteiger partial charge in [0, 0.05) is 0 Å². The van der Waals surface area contributed by atoms with E-state index in [1.807, 2.05) is 19.1 Å². The van der Waals surface area contributed by atoms with Crippen LogP contribution in [0.5, 0.6) is 5.75 Å². The highest BCUT2D eigenvalue weighted by molar-refractivity contribution is 7.92. The van der Waals surface area contributed by atoms with Crippen LogP contribution in [0.2, 0.25) is 5.02 Å². The number of sulfonamides is 1. The van der Waals surface area contributed by atoms with Gasteiger partial charge in [-0.3, -0.25) is 9.10 Å². The molecular formula is C26H29ClN2O4S. The Labute approximate surface area is 206 Å². The molecule has 6 nitrogen and oxygen atoms in total. The molecule has 8 heteroatoms. The number of halogens is 1. The molecule has 0 radical (unpaired) electrons. The molecule has 34 heavy (non-hydrogen) atoms. The minimum atomic E-state index is -3.95. The van der Waals surface area contributed by atoms with Crippen LogP contribution < -0.4 is 14.4 Å². The summed E-state index contributed by atoms with van der Waals surface area (Å²) < 4.78 is 33.6. The Balaban J connectivity index is 1.74. The lowest BCUT2D eigenvalue weighted by Gasteiger charge is -2.24. The van der Waals surface area contributed by atoms with E-state index in [0.717, 1.165) is 15.4 Å². The summed E-state index contributed by atoms with van der Waals surface area (Å²) in [4.78, 5) is 12.8. The Morgan fingerprint density at radius 1 is 1.00 bits per heavy atom. The van der Waals surface area contributed by atoms with E-state index in [9.17, 15) is 13.2 Å². The van der Waals surface area contributed by atoms with Crippen molar-refractivity contribution in [2.75, 3.05) is 24.0 Å². The fraction of sp³-hybridized carbons (Fsp3) is 0.269. The van der Waals surface area contributed by atoms with Crippen LogP contribution in [0.1, 0.15) is 30.9 Å². The molecule has 3 aromatic carbocycles. The van der Waals surface area contributed by atoms with Gasteiger partial charge in [0.05, 0.1) is 22.2 Å². The summed E-state index contributed by atoms with van der Waals surface area (Å²) in [6.45, 7) is 6.06. The van der Waals surface area contributed by atoms with Gasteiger partial charge in [0.1, 0.15) is 18.9 Å². The van der Waals surface area contributed by atoms with Gasteiger partial charge in [-0.1, -0.05) is 67.4 Å². The van der Waals surface area contributed by atoms with Crippen molar-refractivity contribution in [3.05, 3.63) is 88.9 Å². The molecule has 0 aliphatic carbocycles. The van der Waals surface area contributed by atoms with E-state index >= 15 is 0 Å². The van der Waals surface area contributed by atoms with Crippen LogP contribution in [0.4, 0.5) is 5.69 Å². The smallest absolute Gasteiger partial charge is 0.264 e. The number of ether oxygens (including phenoxy) is 1. The highest BCUT2D eigenvalue weighted by Gasteiger charge is 2.27. The molecule has 3 aromatic rings. The molecule has 0 atom stereocenters. The van der Waals surface area contributed by atoms with Gasteiger partial charge in [0.25, 0.3) is 10.0 Å². The monoisotopic (exact) mass is 500 g/mol. The summed E-state index contributed by atoms with van der Waals surface area (Å²) in [5.74, 6) is 0.385. The maximum Gasteiger partial charge on any atom is 0.264 e. The predicted molar refractivity (Wildman–Crippen MR) is 136 cm³/mol. The van der Waals surface area contributed by atoms with Gasteiger partial charge in [-0.2, -0.15) is 0 Å². The lowest BCUT2D eigenvalue weighted by Crippen LogP contribution is -2.42. The summed E-state index contributed by atoms with van der Waals surface area (Å²) in [6, 6.07) is 20.9. The molecule has 1 amide bonds. The molecule has 0 saturated carbocycles. The zero-order valence-electron chi connectivity index (χ0n) is 19.5. The van der Waals surface area contributed by atoms with E-state index in [0.29, 0.717) is 22.4 Å². The van der Waals surface area contributed by atoms with Crippen LogP contribution in [0.3, 0.4) is 0 Å². The highest BCUT2D eigenvalue weighted by Crippen LogP contribution is 2.26. The van der Waals surface area contributed by atoms with Gasteiger partial charge >= 0.3 is 0 Å². The number of aryl methyl sites for hydroxylation is 1. The quantitative estimate of drug-likeness (QED) is 0.390. The summed E-state index contributed by atoms with van der Waals surface area (Å²) in [6.07, 6.45) is 0. The van der Waals surface area contributed by atoms with Crippen molar-refractivity contribution in [2.24, 2.45) is 0 Å². The highest BCUT2D eigenvalue weighted by atomic mass is 35.5. The van der Waals surface area contributed by atoms with Gasteiger partial charge in [-0.25, -0.2) is 8.42 Å². The van der Waals surface area contributed by atoms with Crippen LogP contribution in [-0.2, 0) is 14.8 Å². The average molecular weight is 501 g/mol. The van der Waals surface area contributed by atoms with E-state index < -0.39 is 15.9 Å². The Morgan fingerprint density at radius 3 is 2.26 bits per heavy atom. The Hall–Kier alpha value is -3.03. The molecule has 1 N–H and O–H groups in total. The van der Waals surface area contributed by atoms with Crippen LogP contribution in [0, 0.1) is 6.92 Å². The largest absolute Gasteiger partial charge is 0.490 e. The van der Waals surface area contributed by atoms with Gasteiger partial charge in [-0.15, -0.1) is 0 Å². The van der Waals surface area contributed by atoms with Crippen molar-refractivity contribution >= 4 is 33.2 Å². The molecule has 0 unspecified atom stereocenters. The molecule has 0 heterocycles. The number of nitrogens with one attached hydrogen (secondary N) is 1. The Morgan fingerprint density at radius 2 is 1.65 bits per heavy atom. The number of nitrogens with zero attached hydrogens (tertiary/aromatic N) is 1. The first kappa shape index (κ1) is 25.6. The minimum absolute atomic E-state index is 0.126. The SMILES string of the molecule is Cc1ccc(S(=O)(=O)N(CC(=O)NCCOc2ccccc2Cl)c2ccc(C(C)C)cc2)cc1. The van der Waals surface area contributed by atoms with Crippen LogP contribution in [-0.4, -0.2) is 34.0 Å². The van der Waals surface area contributed by atoms with Crippen LogP contribution >= 0.6 is 11.6 Å². The first-order chi connectivity index (χ1) is 16.2. The fourth-order valence-corrected chi connectivity index (χ4v) is 4.89. The Bertz CT molecular complexity index is 1210. The molecule has 0 spiro atoms. The number of carbonyl (C=O) groups is 1. The zero-order chi connectivity index (χ0) is 24.7. The van der Waals surface area contributed by atoms with Crippen molar-refractivity contribution in [2.45, 2.75) is 31.6 Å². The first-order valence-electron chi connectivity index (χ1n) is 11.0. The minimum Gasteiger partial charge on any atom is -0.490 e. The maximum absolute atomic E-state index is 13.5. The summed E-state index contributed by atoms with van der Waals surface area (Å²) in [5.41, 5.74) is 2.45. The molecule has 3 rings (SSSR count). The second-order valence-corrected chi connectivity index (χ2v) is 10.5. The average Bonchev–Trinajstić information content (AvgIpc) is 2.81. The number of amides is 1. The van der Waals surface area contributed by atoms with E-state index in [-0.39, 0.29) is 24.6 Å². The molecular weight excluding hydrogens is 472 g/mol. The van der Waals surface area contributed by atoms with Crippen molar-refractivity contribution in [1.82, 2.24) is 5.32 Å². The second-order valence-electron chi connectivity index (χ2n) is 8.20. The summed E-state index contributed by atoms with van der Waals surface area (Å²) >= 11 is 6.07.